The van der Waals surface area contributed by atoms with E-state index in [-0.39, 0.29) is 0 Å². The zero-order valence-corrected chi connectivity index (χ0v) is 28.1. The molecule has 1 N–H and O–H groups in total. The third kappa shape index (κ3) is 4.03. The van der Waals surface area contributed by atoms with Crippen LogP contribution in [0.5, 0.6) is 11.5 Å². The third-order valence-electron chi connectivity index (χ3n) is 11.0. The second-order valence-electron chi connectivity index (χ2n) is 13.7. The van der Waals surface area contributed by atoms with Gasteiger partial charge in [0, 0.05) is 27.8 Å². The number of fused-ring (bicyclic) bond motifs is 11. The molecule has 52 heavy (non-hydrogen) atoms. The molecular weight excluding hydrogens is 635 g/mol. The molecule has 244 valence electrons. The summed E-state index contributed by atoms with van der Waals surface area (Å²) in [6.45, 7) is 0. The summed E-state index contributed by atoms with van der Waals surface area (Å²) in [5.74, 6) is 3.36. The summed E-state index contributed by atoms with van der Waals surface area (Å²) in [4.78, 5) is 10.9. The van der Waals surface area contributed by atoms with Crippen LogP contribution in [0.25, 0.3) is 32.7 Å². The molecule has 1 spiro atoms. The van der Waals surface area contributed by atoms with Crippen LogP contribution >= 0.6 is 0 Å². The number of hydrogen-bond donors (Lipinski definition) is 1. The van der Waals surface area contributed by atoms with Crippen molar-refractivity contribution in [3.8, 4) is 22.6 Å². The molecule has 2 aliphatic heterocycles. The lowest BCUT2D eigenvalue weighted by molar-refractivity contribution is 0.436. The Morgan fingerprint density at radius 1 is 0.423 bits per heavy atom. The molecule has 0 amide bonds. The van der Waals surface area contributed by atoms with Crippen molar-refractivity contribution >= 4 is 33.2 Å². The van der Waals surface area contributed by atoms with Gasteiger partial charge in [0.2, 0.25) is 0 Å². The van der Waals surface area contributed by atoms with E-state index in [1.165, 1.54) is 33.0 Å². The van der Waals surface area contributed by atoms with E-state index in [1.807, 2.05) is 0 Å². The predicted octanol–water partition coefficient (Wildman–Crippen LogP) is 11.0. The van der Waals surface area contributed by atoms with Gasteiger partial charge in [-0.15, -0.1) is 0 Å². The minimum atomic E-state index is -0.565. The Kier molecular flexibility index (Phi) is 6.20. The highest BCUT2D eigenvalue weighted by molar-refractivity contribution is 6.22. The van der Waals surface area contributed by atoms with Gasteiger partial charge in [0.25, 0.3) is 0 Å². The van der Waals surface area contributed by atoms with Crippen molar-refractivity contribution in [3.05, 3.63) is 215 Å². The Labute approximate surface area is 301 Å². The van der Waals surface area contributed by atoms with Gasteiger partial charge in [-0.25, -0.2) is 9.98 Å². The van der Waals surface area contributed by atoms with Gasteiger partial charge < -0.3 is 10.1 Å². The normalized spacial score (nSPS) is 16.2. The molecule has 0 fully saturated rings. The van der Waals surface area contributed by atoms with Crippen molar-refractivity contribution in [3.63, 3.8) is 0 Å². The number of ether oxygens (including phenoxy) is 1. The minimum absolute atomic E-state index is 0.456. The van der Waals surface area contributed by atoms with E-state index in [1.54, 1.807) is 0 Å². The van der Waals surface area contributed by atoms with E-state index in [4.69, 9.17) is 14.7 Å². The third-order valence-corrected chi connectivity index (χ3v) is 11.0. The maximum absolute atomic E-state index is 6.59. The lowest BCUT2D eigenvalue weighted by atomic mass is 9.66. The molecule has 8 aromatic carbocycles. The first-order valence-corrected chi connectivity index (χ1v) is 17.8. The lowest BCUT2D eigenvalue weighted by Crippen LogP contribution is -2.37. The van der Waals surface area contributed by atoms with Gasteiger partial charge in [-0.2, -0.15) is 0 Å². The van der Waals surface area contributed by atoms with Crippen LogP contribution in [0.15, 0.2) is 186 Å². The summed E-state index contributed by atoms with van der Waals surface area (Å²) < 4.78 is 6.59. The molecular formula is C48H31N3O. The van der Waals surface area contributed by atoms with Crippen molar-refractivity contribution in [2.75, 3.05) is 0 Å². The highest BCUT2D eigenvalue weighted by atomic mass is 16.5. The molecule has 0 saturated carbocycles. The van der Waals surface area contributed by atoms with Crippen molar-refractivity contribution < 1.29 is 4.74 Å². The van der Waals surface area contributed by atoms with Gasteiger partial charge in [0.1, 0.15) is 23.2 Å². The number of hydrogen-bond acceptors (Lipinski definition) is 4. The first-order valence-electron chi connectivity index (χ1n) is 17.8. The summed E-state index contributed by atoms with van der Waals surface area (Å²) >= 11 is 0. The summed E-state index contributed by atoms with van der Waals surface area (Å²) in [6.07, 6.45) is -0.456. The first kappa shape index (κ1) is 29.0. The second kappa shape index (κ2) is 11.1. The quantitative estimate of drug-likeness (QED) is 0.204. The van der Waals surface area contributed by atoms with Gasteiger partial charge in [0.05, 0.1) is 5.41 Å². The smallest absolute Gasteiger partial charge is 0.170 e. The number of rotatable bonds is 3. The molecule has 4 heteroatoms. The Balaban J connectivity index is 1.18. The molecule has 4 nitrogen and oxygen atoms in total. The number of aliphatic imine (C=N–C) groups is 2. The number of amidine groups is 2. The van der Waals surface area contributed by atoms with Crippen LogP contribution < -0.4 is 10.1 Å². The highest BCUT2D eigenvalue weighted by Gasteiger charge is 2.51. The fraction of sp³-hybridized carbons (Fsp3) is 0.0417. The van der Waals surface area contributed by atoms with Crippen LogP contribution in [0.4, 0.5) is 0 Å². The number of para-hydroxylation sites is 2. The fourth-order valence-corrected chi connectivity index (χ4v) is 8.87. The van der Waals surface area contributed by atoms with E-state index >= 15 is 0 Å². The van der Waals surface area contributed by atoms with Gasteiger partial charge in [-0.05, 0) is 55.9 Å². The predicted molar refractivity (Wildman–Crippen MR) is 211 cm³/mol. The molecule has 1 atom stereocenters. The van der Waals surface area contributed by atoms with Crippen LogP contribution in [0, 0.1) is 0 Å². The molecule has 0 bridgehead atoms. The van der Waals surface area contributed by atoms with E-state index in [0.29, 0.717) is 0 Å². The topological polar surface area (TPSA) is 46.0 Å². The van der Waals surface area contributed by atoms with Gasteiger partial charge in [-0.1, -0.05) is 164 Å². The summed E-state index contributed by atoms with van der Waals surface area (Å²) in [6, 6.07) is 62.4. The van der Waals surface area contributed by atoms with Crippen molar-refractivity contribution in [1.29, 1.82) is 0 Å². The Bertz CT molecular complexity index is 2780. The largest absolute Gasteiger partial charge is 0.457 e. The minimum Gasteiger partial charge on any atom is -0.457 e. The zero-order chi connectivity index (χ0) is 34.2. The fourth-order valence-electron chi connectivity index (χ4n) is 8.87. The molecule has 1 unspecified atom stereocenters. The molecule has 0 aromatic heterocycles. The number of nitrogens with zero attached hydrogens (tertiary/aromatic N) is 2. The monoisotopic (exact) mass is 665 g/mol. The maximum atomic E-state index is 6.59. The molecule has 11 rings (SSSR count). The number of benzene rings is 8. The van der Waals surface area contributed by atoms with Crippen LogP contribution in [-0.2, 0) is 5.41 Å². The van der Waals surface area contributed by atoms with Crippen molar-refractivity contribution in [1.82, 2.24) is 5.32 Å². The molecule has 1 aliphatic carbocycles. The van der Waals surface area contributed by atoms with Crippen LogP contribution in [0.2, 0.25) is 0 Å². The van der Waals surface area contributed by atoms with Crippen LogP contribution in [-0.4, -0.2) is 11.7 Å². The van der Waals surface area contributed by atoms with E-state index in [2.05, 4.69) is 181 Å². The van der Waals surface area contributed by atoms with Crippen molar-refractivity contribution in [2.45, 2.75) is 11.6 Å². The highest BCUT2D eigenvalue weighted by Crippen LogP contribution is 2.62. The van der Waals surface area contributed by atoms with Gasteiger partial charge in [0.15, 0.2) is 6.17 Å². The summed E-state index contributed by atoms with van der Waals surface area (Å²) in [5, 5.41) is 8.43. The maximum Gasteiger partial charge on any atom is 0.170 e. The molecule has 2 heterocycles. The van der Waals surface area contributed by atoms with E-state index in [9.17, 15) is 0 Å². The standard InChI is InChI=1S/C48H31N3O/c1-3-18-32-30(14-1)16-11-21-34(32)45-49-46(35-22-12-17-31-15-2-4-19-33(31)35)51-47(50-45)37-23-13-27-41-44(37)36-20-5-6-24-38(36)48(41)39-25-7-9-28-42(39)52-43-29-10-8-26-40(43)48/h1-29,45H,(H,49,50,51). The second-order valence-corrected chi connectivity index (χ2v) is 13.7. The number of nitrogens with one attached hydrogen (secondary N) is 1. The molecule has 8 aromatic rings. The molecule has 0 saturated heterocycles. The van der Waals surface area contributed by atoms with Gasteiger partial charge in [-0.3, -0.25) is 0 Å². The SMILES string of the molecule is c1ccc2c(c1)Oc1ccccc1C21c2ccccc2-c2c(C3=NC(c4cccc5ccccc45)N=C(c4cccc5ccccc45)N3)cccc21. The average Bonchev–Trinajstić information content (AvgIpc) is 3.51. The molecule has 0 radical (unpaired) electrons. The Hall–Kier alpha value is -6.78. The van der Waals surface area contributed by atoms with E-state index < -0.39 is 11.6 Å². The Morgan fingerprint density at radius 3 is 1.69 bits per heavy atom. The lowest BCUT2D eigenvalue weighted by Gasteiger charge is -2.39. The average molecular weight is 666 g/mol. The van der Waals surface area contributed by atoms with E-state index in [0.717, 1.165) is 61.8 Å². The van der Waals surface area contributed by atoms with Gasteiger partial charge >= 0.3 is 0 Å². The zero-order valence-electron chi connectivity index (χ0n) is 28.1. The Morgan fingerprint density at radius 2 is 0.923 bits per heavy atom. The van der Waals surface area contributed by atoms with Crippen LogP contribution in [0.1, 0.15) is 45.1 Å². The van der Waals surface area contributed by atoms with Crippen molar-refractivity contribution in [2.24, 2.45) is 9.98 Å². The molecule has 3 aliphatic rings. The summed E-state index contributed by atoms with van der Waals surface area (Å²) in [7, 11) is 0. The first-order chi connectivity index (χ1) is 25.8. The van der Waals surface area contributed by atoms with Crippen LogP contribution in [0.3, 0.4) is 0 Å². The summed E-state index contributed by atoms with van der Waals surface area (Å²) in [5.41, 5.74) is 9.71.